The number of hydrogen-bond acceptors (Lipinski definition) is 5. The van der Waals surface area contributed by atoms with Crippen molar-refractivity contribution in [2.45, 2.75) is 13.5 Å². The van der Waals surface area contributed by atoms with E-state index in [1.807, 2.05) is 25.1 Å². The number of nitrogens with zero attached hydrogens (tertiary/aromatic N) is 1. The molecule has 3 aromatic carbocycles. The minimum Gasteiger partial charge on any atom is -0.488 e. The van der Waals surface area contributed by atoms with E-state index in [2.05, 4.69) is 5.32 Å². The number of para-hydroxylation sites is 1. The van der Waals surface area contributed by atoms with E-state index in [1.54, 1.807) is 42.5 Å². The first-order valence-electron chi connectivity index (χ1n) is 10.4. The Balaban J connectivity index is 1.60. The van der Waals surface area contributed by atoms with Gasteiger partial charge in [-0.15, -0.1) is 0 Å². The van der Waals surface area contributed by atoms with E-state index in [0.29, 0.717) is 17.0 Å². The molecule has 0 aliphatic carbocycles. The molecule has 0 aromatic heterocycles. The second kappa shape index (κ2) is 9.68. The highest BCUT2D eigenvalue weighted by Crippen LogP contribution is 2.26. The molecule has 8 heteroatoms. The lowest BCUT2D eigenvalue weighted by atomic mass is 10.1. The largest absolute Gasteiger partial charge is 0.488 e. The number of aromatic carboxylic acids is 1. The average molecular weight is 473 g/mol. The van der Waals surface area contributed by atoms with Gasteiger partial charge in [-0.25, -0.2) is 4.79 Å². The number of hydrogen-bond donors (Lipinski definition) is 2. The highest BCUT2D eigenvalue weighted by molar-refractivity contribution is 7.80. The van der Waals surface area contributed by atoms with Gasteiger partial charge in [0.15, 0.2) is 5.11 Å². The van der Waals surface area contributed by atoms with Crippen LogP contribution in [0.2, 0.25) is 0 Å². The fraction of sp³-hybridized carbons (Fsp3) is 0.0769. The summed E-state index contributed by atoms with van der Waals surface area (Å²) in [6.07, 6.45) is 1.48. The van der Waals surface area contributed by atoms with Gasteiger partial charge in [0.1, 0.15) is 17.9 Å². The van der Waals surface area contributed by atoms with Crippen LogP contribution in [0.5, 0.6) is 5.75 Å². The van der Waals surface area contributed by atoms with Crippen molar-refractivity contribution in [3.63, 3.8) is 0 Å². The number of anilines is 1. The van der Waals surface area contributed by atoms with E-state index in [4.69, 9.17) is 22.1 Å². The van der Waals surface area contributed by atoms with Crippen molar-refractivity contribution in [2.75, 3.05) is 4.90 Å². The van der Waals surface area contributed by atoms with Crippen LogP contribution in [0.3, 0.4) is 0 Å². The summed E-state index contributed by atoms with van der Waals surface area (Å²) < 4.78 is 5.91. The Labute approximate surface area is 201 Å². The molecule has 0 atom stereocenters. The van der Waals surface area contributed by atoms with Crippen molar-refractivity contribution >= 4 is 46.9 Å². The van der Waals surface area contributed by atoms with Crippen LogP contribution in [0, 0.1) is 6.92 Å². The van der Waals surface area contributed by atoms with Gasteiger partial charge in [0, 0.05) is 5.56 Å². The number of ether oxygens (including phenoxy) is 1. The molecule has 0 unspecified atom stereocenters. The third-order valence-electron chi connectivity index (χ3n) is 5.18. The van der Waals surface area contributed by atoms with Crippen molar-refractivity contribution in [1.82, 2.24) is 5.32 Å². The Hall–Kier alpha value is -4.30. The Morgan fingerprint density at radius 2 is 1.79 bits per heavy atom. The third kappa shape index (κ3) is 4.87. The maximum absolute atomic E-state index is 13.3. The molecule has 7 nitrogen and oxygen atoms in total. The van der Waals surface area contributed by atoms with Crippen LogP contribution < -0.4 is 15.0 Å². The van der Waals surface area contributed by atoms with Crippen molar-refractivity contribution in [2.24, 2.45) is 0 Å². The van der Waals surface area contributed by atoms with E-state index >= 15 is 0 Å². The number of benzene rings is 3. The molecule has 34 heavy (non-hydrogen) atoms. The highest BCUT2D eigenvalue weighted by atomic mass is 32.1. The van der Waals surface area contributed by atoms with Crippen LogP contribution in [-0.4, -0.2) is 28.0 Å². The first-order valence-corrected chi connectivity index (χ1v) is 10.8. The number of carbonyl (C=O) groups is 3. The van der Waals surface area contributed by atoms with Crippen molar-refractivity contribution in [3.05, 3.63) is 101 Å². The second-order valence-electron chi connectivity index (χ2n) is 7.63. The summed E-state index contributed by atoms with van der Waals surface area (Å²) >= 11 is 5.26. The van der Waals surface area contributed by atoms with Crippen molar-refractivity contribution in [3.8, 4) is 5.75 Å². The Bertz CT molecular complexity index is 1330. The number of carboxylic acids is 1. The fourth-order valence-corrected chi connectivity index (χ4v) is 3.73. The van der Waals surface area contributed by atoms with E-state index in [1.165, 1.54) is 23.1 Å². The molecule has 1 aliphatic heterocycles. The zero-order valence-electron chi connectivity index (χ0n) is 18.1. The first-order chi connectivity index (χ1) is 16.3. The molecule has 4 rings (SSSR count). The Morgan fingerprint density at radius 1 is 1.06 bits per heavy atom. The summed E-state index contributed by atoms with van der Waals surface area (Å²) in [4.78, 5) is 38.2. The van der Waals surface area contributed by atoms with Crippen LogP contribution in [0.1, 0.15) is 27.0 Å². The Kier molecular flexibility index (Phi) is 6.51. The van der Waals surface area contributed by atoms with Gasteiger partial charge in [-0.2, -0.15) is 0 Å². The maximum atomic E-state index is 13.3. The number of aryl methyl sites for hydroxylation is 1. The highest BCUT2D eigenvalue weighted by Gasteiger charge is 2.34. The molecule has 0 radical (unpaired) electrons. The monoisotopic (exact) mass is 472 g/mol. The van der Waals surface area contributed by atoms with Crippen LogP contribution in [-0.2, 0) is 16.2 Å². The number of amides is 2. The predicted octanol–water partition coefficient (Wildman–Crippen LogP) is 4.10. The van der Waals surface area contributed by atoms with Gasteiger partial charge in [-0.3, -0.25) is 19.8 Å². The lowest BCUT2D eigenvalue weighted by molar-refractivity contribution is -0.122. The van der Waals surface area contributed by atoms with E-state index in [9.17, 15) is 14.4 Å². The number of carbonyl (C=O) groups excluding carboxylic acids is 2. The molecule has 0 bridgehead atoms. The predicted molar refractivity (Wildman–Crippen MR) is 132 cm³/mol. The molecule has 1 heterocycles. The van der Waals surface area contributed by atoms with E-state index < -0.39 is 17.8 Å². The molecule has 170 valence electrons. The quantitative estimate of drug-likeness (QED) is 0.319. The molecular formula is C26H20N2O5S. The van der Waals surface area contributed by atoms with Crippen molar-refractivity contribution < 1.29 is 24.2 Å². The fourth-order valence-electron chi connectivity index (χ4n) is 3.45. The van der Waals surface area contributed by atoms with Gasteiger partial charge in [-0.05, 0) is 66.7 Å². The van der Waals surface area contributed by atoms with Gasteiger partial charge in [-0.1, -0.05) is 42.5 Å². The standard InChI is InChI=1S/C26H20N2O5S/c1-16-5-4-7-20(13-16)28-24(30)21(23(29)27-26(28)34)14-19-6-2-3-8-22(19)33-15-17-9-11-18(12-10-17)25(31)32/h2-14H,15H2,1H3,(H,31,32)(H,27,29,34)/b21-14+. The summed E-state index contributed by atoms with van der Waals surface area (Å²) in [5, 5.41) is 11.6. The van der Waals surface area contributed by atoms with Crippen molar-refractivity contribution in [1.29, 1.82) is 0 Å². The van der Waals surface area contributed by atoms with Crippen LogP contribution in [0.25, 0.3) is 6.08 Å². The van der Waals surface area contributed by atoms with E-state index in [0.717, 1.165) is 11.1 Å². The second-order valence-corrected chi connectivity index (χ2v) is 8.01. The smallest absolute Gasteiger partial charge is 0.335 e. The van der Waals surface area contributed by atoms with E-state index in [-0.39, 0.29) is 22.9 Å². The molecule has 1 saturated heterocycles. The molecular weight excluding hydrogens is 452 g/mol. The maximum Gasteiger partial charge on any atom is 0.335 e. The minimum atomic E-state index is -1.00. The zero-order valence-corrected chi connectivity index (χ0v) is 19.0. The van der Waals surface area contributed by atoms with Gasteiger partial charge in [0.05, 0.1) is 11.3 Å². The van der Waals surface area contributed by atoms with Crippen LogP contribution in [0.4, 0.5) is 5.69 Å². The zero-order chi connectivity index (χ0) is 24.2. The summed E-state index contributed by atoms with van der Waals surface area (Å²) in [6, 6.07) is 20.6. The van der Waals surface area contributed by atoms with Gasteiger partial charge >= 0.3 is 5.97 Å². The number of carboxylic acid groups (broad SMARTS) is 1. The Morgan fingerprint density at radius 3 is 2.50 bits per heavy atom. The molecule has 1 aliphatic rings. The lowest BCUT2D eigenvalue weighted by Gasteiger charge is -2.29. The molecule has 2 N–H and O–H groups in total. The lowest BCUT2D eigenvalue weighted by Crippen LogP contribution is -2.54. The van der Waals surface area contributed by atoms with Gasteiger partial charge < -0.3 is 9.84 Å². The molecule has 1 fully saturated rings. The van der Waals surface area contributed by atoms with Gasteiger partial charge in [0.2, 0.25) is 0 Å². The minimum absolute atomic E-state index is 0.0205. The summed E-state index contributed by atoms with van der Waals surface area (Å²) in [5.74, 6) is -1.65. The summed E-state index contributed by atoms with van der Waals surface area (Å²) in [7, 11) is 0. The molecule has 0 saturated carbocycles. The molecule has 0 spiro atoms. The molecule has 3 aromatic rings. The van der Waals surface area contributed by atoms with Gasteiger partial charge in [0.25, 0.3) is 11.8 Å². The van der Waals surface area contributed by atoms with Crippen LogP contribution in [0.15, 0.2) is 78.4 Å². The van der Waals surface area contributed by atoms with Crippen LogP contribution >= 0.6 is 12.2 Å². The molecule has 2 amide bonds. The average Bonchev–Trinajstić information content (AvgIpc) is 2.81. The summed E-state index contributed by atoms with van der Waals surface area (Å²) in [5.41, 5.74) is 2.94. The number of nitrogens with one attached hydrogen (secondary N) is 1. The topological polar surface area (TPSA) is 95.9 Å². The summed E-state index contributed by atoms with van der Waals surface area (Å²) in [6.45, 7) is 2.08. The normalized spacial score (nSPS) is 14.8. The SMILES string of the molecule is Cc1cccc(N2C(=O)/C(=C/c3ccccc3OCc3ccc(C(=O)O)cc3)C(=O)NC2=S)c1. The first kappa shape index (κ1) is 22.9. The third-order valence-corrected chi connectivity index (χ3v) is 5.46. The number of thiocarbonyl (C=S) groups is 1. The number of rotatable bonds is 6.